The number of thiazole rings is 1. The number of carbonyl (C=O) groups excluding carboxylic acids is 1. The second-order valence-electron chi connectivity index (χ2n) is 5.24. The summed E-state index contributed by atoms with van der Waals surface area (Å²) in [5.41, 5.74) is 0.324. The molecule has 0 spiro atoms. The largest absolute Gasteiger partial charge is 0.461 e. The third-order valence-corrected chi connectivity index (χ3v) is 4.66. The van der Waals surface area contributed by atoms with Crippen LogP contribution in [0.15, 0.2) is 4.79 Å². The van der Waals surface area contributed by atoms with Gasteiger partial charge in [-0.1, -0.05) is 30.6 Å². The predicted octanol–water partition coefficient (Wildman–Crippen LogP) is 2.38. The predicted molar refractivity (Wildman–Crippen MR) is 79.2 cm³/mol. The molecular weight excluding hydrogens is 276 g/mol. The summed E-state index contributed by atoms with van der Waals surface area (Å²) in [4.78, 5) is 28.8. The van der Waals surface area contributed by atoms with Crippen LogP contribution in [0, 0.1) is 0 Å². The van der Waals surface area contributed by atoms with Crippen molar-refractivity contribution in [3.8, 4) is 0 Å². The summed E-state index contributed by atoms with van der Waals surface area (Å²) >= 11 is 1.11. The summed E-state index contributed by atoms with van der Waals surface area (Å²) in [6.07, 6.45) is 6.25. The van der Waals surface area contributed by atoms with Gasteiger partial charge in [0.05, 0.1) is 11.5 Å². The molecule has 0 atom stereocenters. The lowest BCUT2D eigenvalue weighted by atomic mass is 9.94. The third-order valence-electron chi connectivity index (χ3n) is 3.79. The van der Waals surface area contributed by atoms with Crippen LogP contribution in [0.2, 0.25) is 0 Å². The summed E-state index contributed by atoms with van der Waals surface area (Å²) in [5, 5.41) is 0. The van der Waals surface area contributed by atoms with Crippen molar-refractivity contribution in [2.24, 2.45) is 0 Å². The van der Waals surface area contributed by atoms with Crippen LogP contribution in [0.5, 0.6) is 0 Å². The first-order valence-corrected chi connectivity index (χ1v) is 8.02. The normalized spacial score (nSPS) is 16.6. The highest BCUT2D eigenvalue weighted by atomic mass is 32.1. The van der Waals surface area contributed by atoms with Crippen LogP contribution in [0.25, 0.3) is 0 Å². The first-order chi connectivity index (χ1) is 9.61. The third kappa shape index (κ3) is 3.70. The number of ether oxygens (including phenoxy) is 1. The van der Waals surface area contributed by atoms with E-state index in [4.69, 9.17) is 4.74 Å². The number of esters is 1. The Morgan fingerprint density at radius 3 is 2.75 bits per heavy atom. The zero-order valence-electron chi connectivity index (χ0n) is 12.1. The SMILES string of the molecule is CCOC(=O)c1[nH]c(=O)sc1CN(C)C1CCCCC1. The molecular formula is C14H22N2O3S. The number of nitrogens with zero attached hydrogens (tertiary/aromatic N) is 1. The van der Waals surface area contributed by atoms with E-state index in [2.05, 4.69) is 16.9 Å². The van der Waals surface area contributed by atoms with Gasteiger partial charge < -0.3 is 9.72 Å². The molecule has 1 N–H and O–H groups in total. The zero-order valence-corrected chi connectivity index (χ0v) is 12.9. The number of hydrogen-bond donors (Lipinski definition) is 1. The maximum atomic E-state index is 11.8. The van der Waals surface area contributed by atoms with Crippen molar-refractivity contribution in [2.75, 3.05) is 13.7 Å². The molecule has 0 unspecified atom stereocenters. The molecule has 1 fully saturated rings. The summed E-state index contributed by atoms with van der Waals surface area (Å²) < 4.78 is 4.99. The Morgan fingerprint density at radius 2 is 2.10 bits per heavy atom. The molecule has 2 rings (SSSR count). The van der Waals surface area contributed by atoms with Crippen molar-refractivity contribution in [1.82, 2.24) is 9.88 Å². The molecule has 20 heavy (non-hydrogen) atoms. The van der Waals surface area contributed by atoms with Crippen molar-refractivity contribution in [3.63, 3.8) is 0 Å². The summed E-state index contributed by atoms with van der Waals surface area (Å²) in [6, 6.07) is 0.552. The van der Waals surface area contributed by atoms with Crippen LogP contribution in [-0.4, -0.2) is 35.5 Å². The van der Waals surface area contributed by atoms with Gasteiger partial charge in [0.15, 0.2) is 0 Å². The lowest BCUT2D eigenvalue weighted by Gasteiger charge is -2.30. The highest BCUT2D eigenvalue weighted by Crippen LogP contribution is 2.24. The van der Waals surface area contributed by atoms with E-state index < -0.39 is 5.97 Å². The maximum absolute atomic E-state index is 11.8. The molecule has 0 bridgehead atoms. The number of H-pyrrole nitrogens is 1. The smallest absolute Gasteiger partial charge is 0.356 e. The summed E-state index contributed by atoms with van der Waals surface area (Å²) in [5.74, 6) is -0.433. The molecule has 1 saturated carbocycles. The van der Waals surface area contributed by atoms with E-state index in [-0.39, 0.29) is 4.87 Å². The molecule has 0 aliphatic heterocycles. The minimum absolute atomic E-state index is 0.194. The Bertz CT molecular complexity index is 503. The molecule has 1 aromatic rings. The molecule has 0 amide bonds. The van der Waals surface area contributed by atoms with Gasteiger partial charge >= 0.3 is 10.8 Å². The van der Waals surface area contributed by atoms with Crippen molar-refractivity contribution >= 4 is 17.3 Å². The van der Waals surface area contributed by atoms with E-state index in [0.29, 0.717) is 24.9 Å². The van der Waals surface area contributed by atoms with Gasteiger partial charge in [-0.25, -0.2) is 4.79 Å². The van der Waals surface area contributed by atoms with Crippen LogP contribution in [0.1, 0.15) is 54.4 Å². The molecule has 5 nitrogen and oxygen atoms in total. The van der Waals surface area contributed by atoms with Gasteiger partial charge in [-0.2, -0.15) is 0 Å². The van der Waals surface area contributed by atoms with E-state index in [1.54, 1.807) is 6.92 Å². The topological polar surface area (TPSA) is 62.4 Å². The monoisotopic (exact) mass is 298 g/mol. The number of carbonyl (C=O) groups is 1. The quantitative estimate of drug-likeness (QED) is 0.848. The number of nitrogens with one attached hydrogen (secondary N) is 1. The molecule has 1 aromatic heterocycles. The minimum Gasteiger partial charge on any atom is -0.461 e. The Labute approximate surface area is 122 Å². The minimum atomic E-state index is -0.433. The molecule has 0 saturated heterocycles. The Hall–Kier alpha value is -1.14. The molecule has 0 aromatic carbocycles. The van der Waals surface area contributed by atoms with E-state index >= 15 is 0 Å². The lowest BCUT2D eigenvalue weighted by Crippen LogP contribution is -2.33. The van der Waals surface area contributed by atoms with Crippen molar-refractivity contribution in [3.05, 3.63) is 20.2 Å². The fraction of sp³-hybridized carbons (Fsp3) is 0.714. The fourth-order valence-corrected chi connectivity index (χ4v) is 3.60. The van der Waals surface area contributed by atoms with Gasteiger partial charge in [-0.3, -0.25) is 9.69 Å². The van der Waals surface area contributed by atoms with Crippen molar-refractivity contribution < 1.29 is 9.53 Å². The highest BCUT2D eigenvalue weighted by Gasteiger charge is 2.22. The van der Waals surface area contributed by atoms with Gasteiger partial charge in [0.2, 0.25) is 0 Å². The number of aromatic amines is 1. The fourth-order valence-electron chi connectivity index (χ4n) is 2.72. The number of rotatable bonds is 5. The standard InChI is InChI=1S/C14H22N2O3S/c1-3-19-13(17)12-11(20-14(18)15-12)9-16(2)10-7-5-4-6-8-10/h10H,3-9H2,1-2H3,(H,15,18). The van der Waals surface area contributed by atoms with Gasteiger partial charge in [0.25, 0.3) is 0 Å². The van der Waals surface area contributed by atoms with Gasteiger partial charge in [0.1, 0.15) is 5.69 Å². The number of hydrogen-bond acceptors (Lipinski definition) is 5. The summed E-state index contributed by atoms with van der Waals surface area (Å²) in [6.45, 7) is 2.70. The summed E-state index contributed by atoms with van der Waals surface area (Å²) in [7, 11) is 2.06. The molecule has 112 valence electrons. The molecule has 1 aliphatic carbocycles. The Balaban J connectivity index is 2.08. The average Bonchev–Trinajstić information content (AvgIpc) is 2.81. The second-order valence-corrected chi connectivity index (χ2v) is 6.31. The first kappa shape index (κ1) is 15.3. The lowest BCUT2D eigenvalue weighted by molar-refractivity contribution is 0.0517. The zero-order chi connectivity index (χ0) is 14.5. The van der Waals surface area contributed by atoms with Crippen molar-refractivity contribution in [1.29, 1.82) is 0 Å². The van der Waals surface area contributed by atoms with Crippen LogP contribution >= 0.6 is 11.3 Å². The molecule has 0 radical (unpaired) electrons. The van der Waals surface area contributed by atoms with Crippen LogP contribution < -0.4 is 4.87 Å². The van der Waals surface area contributed by atoms with E-state index in [0.717, 1.165) is 16.2 Å². The second kappa shape index (κ2) is 7.04. The van der Waals surface area contributed by atoms with E-state index in [9.17, 15) is 9.59 Å². The molecule has 1 heterocycles. The van der Waals surface area contributed by atoms with Gasteiger partial charge in [-0.05, 0) is 26.8 Å². The van der Waals surface area contributed by atoms with Gasteiger partial charge in [-0.15, -0.1) is 0 Å². The molecule has 6 heteroatoms. The van der Waals surface area contributed by atoms with Crippen LogP contribution in [-0.2, 0) is 11.3 Å². The first-order valence-electron chi connectivity index (χ1n) is 7.21. The number of aromatic nitrogens is 1. The van der Waals surface area contributed by atoms with Gasteiger partial charge in [0, 0.05) is 12.6 Å². The van der Waals surface area contributed by atoms with Crippen LogP contribution in [0.4, 0.5) is 0 Å². The Kier molecular flexibility index (Phi) is 5.37. The van der Waals surface area contributed by atoms with E-state index in [1.807, 2.05) is 0 Å². The van der Waals surface area contributed by atoms with E-state index in [1.165, 1.54) is 32.1 Å². The highest BCUT2D eigenvalue weighted by molar-refractivity contribution is 7.09. The maximum Gasteiger partial charge on any atom is 0.356 e. The van der Waals surface area contributed by atoms with Crippen molar-refractivity contribution in [2.45, 2.75) is 51.6 Å². The molecule has 1 aliphatic rings. The average molecular weight is 298 g/mol. The van der Waals surface area contributed by atoms with Crippen LogP contribution in [0.3, 0.4) is 0 Å². The Morgan fingerprint density at radius 1 is 1.40 bits per heavy atom.